The van der Waals surface area contributed by atoms with Gasteiger partial charge < -0.3 is 5.11 Å². The van der Waals surface area contributed by atoms with Gasteiger partial charge >= 0.3 is 5.97 Å². The van der Waals surface area contributed by atoms with E-state index >= 15 is 0 Å². The third-order valence-electron chi connectivity index (χ3n) is 2.51. The van der Waals surface area contributed by atoms with Crippen LogP contribution in [0.1, 0.15) is 10.5 Å². The molecule has 0 aliphatic carbocycles. The van der Waals surface area contributed by atoms with Gasteiger partial charge in [0.05, 0.1) is 17.6 Å². The Morgan fingerprint density at radius 3 is 2.57 bits per heavy atom. The third-order valence-corrected chi connectivity index (χ3v) is 4.24. The van der Waals surface area contributed by atoms with Gasteiger partial charge in [0.25, 0.3) is 0 Å². The largest absolute Gasteiger partial charge is 0.476 e. The zero-order chi connectivity index (χ0) is 15.5. The molecular weight excluding hydrogens is 320 g/mol. The van der Waals surface area contributed by atoms with Gasteiger partial charge in [-0.2, -0.15) is 0 Å². The summed E-state index contributed by atoms with van der Waals surface area (Å²) in [4.78, 5) is 10.7. The number of carboxylic acid groups (broad SMARTS) is 1. The second-order valence-corrected chi connectivity index (χ2v) is 6.23. The maximum atomic E-state index is 12.0. The molecule has 0 bridgehead atoms. The standard InChI is InChI=1S/C11H11ClN4O4S/c12-8-1-3-9(4-2-8)21(19,20)13-5-6-16-7-10(11(17)18)14-15-16/h1-4,7,13H,5-6H2,(H,17,18). The number of sulfonamides is 1. The molecule has 1 heterocycles. The smallest absolute Gasteiger partial charge is 0.358 e. The number of nitrogens with one attached hydrogen (secondary N) is 1. The van der Waals surface area contributed by atoms with Gasteiger partial charge in [0.2, 0.25) is 10.0 Å². The summed E-state index contributed by atoms with van der Waals surface area (Å²) in [6, 6.07) is 5.74. The summed E-state index contributed by atoms with van der Waals surface area (Å²) < 4.78 is 27.5. The Morgan fingerprint density at radius 2 is 2.00 bits per heavy atom. The van der Waals surface area contributed by atoms with Crippen LogP contribution < -0.4 is 4.72 Å². The van der Waals surface area contributed by atoms with E-state index in [1.54, 1.807) is 0 Å². The number of hydrogen-bond acceptors (Lipinski definition) is 5. The molecule has 2 N–H and O–H groups in total. The van der Waals surface area contributed by atoms with Crippen molar-refractivity contribution >= 4 is 27.6 Å². The Labute approximate surface area is 125 Å². The molecular formula is C11H11ClN4O4S. The van der Waals surface area contributed by atoms with Crippen molar-refractivity contribution in [3.8, 4) is 0 Å². The number of hydrogen-bond donors (Lipinski definition) is 2. The minimum Gasteiger partial charge on any atom is -0.476 e. The van der Waals surface area contributed by atoms with Crippen LogP contribution in [0.3, 0.4) is 0 Å². The average molecular weight is 331 g/mol. The Morgan fingerprint density at radius 1 is 1.33 bits per heavy atom. The van der Waals surface area contributed by atoms with Crippen molar-refractivity contribution in [2.45, 2.75) is 11.4 Å². The summed E-state index contributed by atoms with van der Waals surface area (Å²) in [5.74, 6) is -1.19. The van der Waals surface area contributed by atoms with Crippen LogP contribution in [-0.4, -0.2) is 41.0 Å². The molecule has 0 unspecified atom stereocenters. The third kappa shape index (κ3) is 4.00. The van der Waals surface area contributed by atoms with Gasteiger partial charge in [-0.25, -0.2) is 17.9 Å². The van der Waals surface area contributed by atoms with Crippen molar-refractivity contribution in [3.05, 3.63) is 41.2 Å². The molecule has 1 aromatic heterocycles. The molecule has 112 valence electrons. The zero-order valence-electron chi connectivity index (χ0n) is 10.6. The molecule has 2 aromatic rings. The highest BCUT2D eigenvalue weighted by Gasteiger charge is 2.13. The summed E-state index contributed by atoms with van der Waals surface area (Å²) in [6.45, 7) is 0.209. The number of benzene rings is 1. The first-order valence-electron chi connectivity index (χ1n) is 5.77. The first-order chi connectivity index (χ1) is 9.88. The van der Waals surface area contributed by atoms with E-state index in [4.69, 9.17) is 16.7 Å². The number of aromatic carboxylic acids is 1. The quantitative estimate of drug-likeness (QED) is 0.802. The van der Waals surface area contributed by atoms with Gasteiger partial charge in [-0.05, 0) is 24.3 Å². The van der Waals surface area contributed by atoms with Crippen LogP contribution >= 0.6 is 11.6 Å². The number of carboxylic acids is 1. The molecule has 0 saturated carbocycles. The lowest BCUT2D eigenvalue weighted by molar-refractivity contribution is 0.0690. The second-order valence-electron chi connectivity index (χ2n) is 4.02. The predicted octanol–water partition coefficient (Wildman–Crippen LogP) is 0.608. The summed E-state index contributed by atoms with van der Waals surface area (Å²) in [5.41, 5.74) is -0.199. The Balaban J connectivity index is 1.95. The Bertz CT molecular complexity index is 742. The van der Waals surface area contributed by atoms with E-state index < -0.39 is 16.0 Å². The van der Waals surface area contributed by atoms with E-state index in [2.05, 4.69) is 15.0 Å². The fraction of sp³-hybridized carbons (Fsp3) is 0.182. The molecule has 0 amide bonds. The molecule has 21 heavy (non-hydrogen) atoms. The van der Waals surface area contributed by atoms with Crippen LogP contribution in [0, 0.1) is 0 Å². The van der Waals surface area contributed by atoms with Crippen molar-refractivity contribution in [2.75, 3.05) is 6.54 Å². The van der Waals surface area contributed by atoms with Crippen LogP contribution in [0.2, 0.25) is 5.02 Å². The first-order valence-corrected chi connectivity index (χ1v) is 7.63. The lowest BCUT2D eigenvalue weighted by Crippen LogP contribution is -2.27. The highest BCUT2D eigenvalue weighted by Crippen LogP contribution is 2.13. The van der Waals surface area contributed by atoms with Gasteiger partial charge in [-0.15, -0.1) is 5.10 Å². The number of nitrogens with zero attached hydrogens (tertiary/aromatic N) is 3. The Kier molecular flexibility index (Phi) is 4.56. The van der Waals surface area contributed by atoms with E-state index in [-0.39, 0.29) is 23.7 Å². The van der Waals surface area contributed by atoms with Crippen molar-refractivity contribution in [3.63, 3.8) is 0 Å². The number of carbonyl (C=O) groups is 1. The van der Waals surface area contributed by atoms with Gasteiger partial charge in [-0.3, -0.25) is 4.68 Å². The lowest BCUT2D eigenvalue weighted by atomic mass is 10.4. The molecule has 0 aliphatic heterocycles. The maximum absolute atomic E-state index is 12.0. The normalized spacial score (nSPS) is 11.5. The van der Waals surface area contributed by atoms with Crippen molar-refractivity contribution in [2.24, 2.45) is 0 Å². The average Bonchev–Trinajstić information content (AvgIpc) is 2.88. The van der Waals surface area contributed by atoms with Crippen molar-refractivity contribution < 1.29 is 18.3 Å². The monoisotopic (exact) mass is 330 g/mol. The fourth-order valence-electron chi connectivity index (χ4n) is 1.50. The van der Waals surface area contributed by atoms with Crippen molar-refractivity contribution in [1.82, 2.24) is 19.7 Å². The molecule has 1 aromatic carbocycles. The molecule has 0 spiro atoms. The summed E-state index contributed by atoms with van der Waals surface area (Å²) in [7, 11) is -3.64. The van der Waals surface area contributed by atoms with E-state index in [9.17, 15) is 13.2 Å². The molecule has 0 aliphatic rings. The van der Waals surface area contributed by atoms with E-state index in [1.807, 2.05) is 0 Å². The molecule has 8 nitrogen and oxygen atoms in total. The van der Waals surface area contributed by atoms with Crippen LogP contribution in [0.4, 0.5) is 0 Å². The van der Waals surface area contributed by atoms with Gasteiger partial charge in [0, 0.05) is 11.6 Å². The Hall–Kier alpha value is -1.97. The fourth-order valence-corrected chi connectivity index (χ4v) is 2.64. The van der Waals surface area contributed by atoms with Gasteiger partial charge in [0.15, 0.2) is 5.69 Å². The maximum Gasteiger partial charge on any atom is 0.358 e. The van der Waals surface area contributed by atoms with E-state index in [1.165, 1.54) is 35.1 Å². The van der Waals surface area contributed by atoms with Crippen LogP contribution in [0.15, 0.2) is 35.4 Å². The van der Waals surface area contributed by atoms with Crippen LogP contribution in [0.5, 0.6) is 0 Å². The number of aromatic nitrogens is 3. The highest BCUT2D eigenvalue weighted by molar-refractivity contribution is 7.89. The first kappa shape index (κ1) is 15.4. The second kappa shape index (κ2) is 6.20. The number of rotatable bonds is 6. The minimum atomic E-state index is -3.64. The SMILES string of the molecule is O=C(O)c1cn(CCNS(=O)(=O)c2ccc(Cl)cc2)nn1. The summed E-state index contributed by atoms with van der Waals surface area (Å²) in [6.07, 6.45) is 1.22. The summed E-state index contributed by atoms with van der Waals surface area (Å²) in [5, 5.41) is 16.1. The lowest BCUT2D eigenvalue weighted by Gasteiger charge is -2.06. The molecule has 2 rings (SSSR count). The molecule has 0 saturated heterocycles. The topological polar surface area (TPSA) is 114 Å². The van der Waals surface area contributed by atoms with Crippen molar-refractivity contribution in [1.29, 1.82) is 0 Å². The molecule has 0 radical (unpaired) electrons. The molecule has 10 heteroatoms. The van der Waals surface area contributed by atoms with Crippen LogP contribution in [-0.2, 0) is 16.6 Å². The molecule has 0 fully saturated rings. The van der Waals surface area contributed by atoms with E-state index in [0.29, 0.717) is 5.02 Å². The van der Waals surface area contributed by atoms with E-state index in [0.717, 1.165) is 0 Å². The summed E-state index contributed by atoms with van der Waals surface area (Å²) >= 11 is 5.69. The molecule has 0 atom stereocenters. The minimum absolute atomic E-state index is 0.0490. The predicted molar refractivity (Wildman–Crippen MR) is 73.6 cm³/mol. The van der Waals surface area contributed by atoms with Gasteiger partial charge in [0.1, 0.15) is 0 Å². The number of halogens is 1. The zero-order valence-corrected chi connectivity index (χ0v) is 12.2. The van der Waals surface area contributed by atoms with Crippen LogP contribution in [0.25, 0.3) is 0 Å². The van der Waals surface area contributed by atoms with Gasteiger partial charge in [-0.1, -0.05) is 16.8 Å². The highest BCUT2D eigenvalue weighted by atomic mass is 35.5.